The second-order valence-corrected chi connectivity index (χ2v) is 3.21. The summed E-state index contributed by atoms with van der Waals surface area (Å²) in [7, 11) is -1.87. The van der Waals surface area contributed by atoms with E-state index in [2.05, 4.69) is 4.74 Å². The highest BCUT2D eigenvalue weighted by Gasteiger charge is 2.02. The third-order valence-electron chi connectivity index (χ3n) is 2.11. The van der Waals surface area contributed by atoms with Crippen LogP contribution in [-0.4, -0.2) is 18.7 Å². The van der Waals surface area contributed by atoms with E-state index in [1.54, 1.807) is 0 Å². The molecule has 2 aromatic rings. The van der Waals surface area contributed by atoms with Gasteiger partial charge in [0, 0.05) is 25.0 Å². The zero-order valence-corrected chi connectivity index (χ0v) is 9.40. The highest BCUT2D eigenvalue weighted by molar-refractivity contribution is 5.38. The molecule has 94 valence electrons. The van der Waals surface area contributed by atoms with Gasteiger partial charge in [0.05, 0.1) is 26.0 Å². The molecule has 4 heteroatoms. The van der Waals surface area contributed by atoms with E-state index in [9.17, 15) is 4.79 Å². The summed E-state index contributed by atoms with van der Waals surface area (Å²) in [5.74, 6) is -0.306. The smallest absolute Gasteiger partial charge is 0.255 e. The molecule has 0 radical (unpaired) electrons. The van der Waals surface area contributed by atoms with Crippen LogP contribution in [0.15, 0.2) is 47.3 Å². The van der Waals surface area contributed by atoms with Gasteiger partial charge in [-0.25, -0.2) is 0 Å². The molecule has 0 aliphatic heterocycles. The van der Waals surface area contributed by atoms with E-state index in [-0.39, 0.29) is 11.3 Å². The Hall–Kier alpha value is -2.07. The number of hydrogen-bond acceptors (Lipinski definition) is 3. The Labute approximate surface area is 118 Å². The molecule has 0 N–H and O–H groups in total. The molecule has 2 rings (SSSR count). The summed E-state index contributed by atoms with van der Waals surface area (Å²) in [4.78, 5) is 12.2. The van der Waals surface area contributed by atoms with Crippen molar-refractivity contribution >= 4 is 0 Å². The minimum atomic E-state index is -3.05. The first kappa shape index (κ1) is 5.28. The molecule has 0 saturated carbocycles. The van der Waals surface area contributed by atoms with Gasteiger partial charge in [-0.05, 0) is 35.8 Å². The van der Waals surface area contributed by atoms with Gasteiger partial charge in [0.1, 0.15) is 5.75 Å². The molecule has 0 saturated heterocycles. The molecule has 0 aliphatic rings. The van der Waals surface area contributed by atoms with Crippen LogP contribution in [0.25, 0.3) is 5.69 Å². The van der Waals surface area contributed by atoms with Crippen molar-refractivity contribution in [3.63, 3.8) is 0 Å². The topological polar surface area (TPSA) is 40.5 Å². The molecule has 1 aromatic carbocycles. The lowest BCUT2D eigenvalue weighted by Crippen LogP contribution is -2.17. The number of aromatic nitrogens is 1. The van der Waals surface area contributed by atoms with Crippen LogP contribution in [0.3, 0.4) is 0 Å². The van der Waals surface area contributed by atoms with Gasteiger partial charge in [-0.1, -0.05) is 0 Å². The lowest BCUT2D eigenvalue weighted by atomic mass is 10.2. The molecule has 0 unspecified atom stereocenters. The van der Waals surface area contributed by atoms with Crippen molar-refractivity contribution in [1.82, 2.24) is 4.57 Å². The standard InChI is InChI=1S/C14H15NO3/c1-17-10-11-3-8-14(16)15(9-11)12-4-6-13(18-2)7-5-12/h3-9H,10H2,1-2H3/i1D3,4D,5D,6D,7D,10D2. The van der Waals surface area contributed by atoms with Crippen LogP contribution in [0.2, 0.25) is 0 Å². The molecule has 0 spiro atoms. The van der Waals surface area contributed by atoms with Gasteiger partial charge >= 0.3 is 0 Å². The van der Waals surface area contributed by atoms with Crippen LogP contribution in [-0.2, 0) is 11.3 Å². The molecule has 4 nitrogen and oxygen atoms in total. The molecule has 0 fully saturated rings. The van der Waals surface area contributed by atoms with Crippen molar-refractivity contribution in [3.05, 3.63) is 58.4 Å². The number of methoxy groups -OCH3 is 2. The lowest BCUT2D eigenvalue weighted by Gasteiger charge is -2.08. The van der Waals surface area contributed by atoms with Crippen LogP contribution in [0.4, 0.5) is 0 Å². The van der Waals surface area contributed by atoms with Crippen LogP contribution in [0.1, 0.15) is 17.9 Å². The normalized spacial score (nSPS) is 19.1. The van der Waals surface area contributed by atoms with E-state index in [0.29, 0.717) is 4.57 Å². The van der Waals surface area contributed by atoms with Gasteiger partial charge in [-0.2, -0.15) is 0 Å². The second-order valence-electron chi connectivity index (χ2n) is 3.21. The summed E-state index contributed by atoms with van der Waals surface area (Å²) < 4.78 is 78.5. The maximum absolute atomic E-state index is 12.2. The first-order valence-corrected chi connectivity index (χ1v) is 4.88. The lowest BCUT2D eigenvalue weighted by molar-refractivity contribution is 0.184. The first-order valence-electron chi connectivity index (χ1n) is 9.38. The third-order valence-corrected chi connectivity index (χ3v) is 2.11. The van der Waals surface area contributed by atoms with E-state index in [4.69, 9.17) is 17.1 Å². The molecule has 1 heterocycles. The summed E-state index contributed by atoms with van der Waals surface area (Å²) in [5, 5.41) is 0. The number of pyridine rings is 1. The van der Waals surface area contributed by atoms with Gasteiger partial charge in [-0.15, -0.1) is 0 Å². The van der Waals surface area contributed by atoms with Crippen LogP contribution >= 0.6 is 0 Å². The van der Waals surface area contributed by atoms with Crippen LogP contribution < -0.4 is 10.3 Å². The van der Waals surface area contributed by atoms with E-state index in [0.717, 1.165) is 18.3 Å². The fraction of sp³-hybridized carbons (Fsp3) is 0.214. The molecule has 0 amide bonds. The molecule has 18 heavy (non-hydrogen) atoms. The van der Waals surface area contributed by atoms with Crippen molar-refractivity contribution in [1.29, 1.82) is 0 Å². The zero-order chi connectivity index (χ0) is 20.7. The number of ether oxygens (including phenoxy) is 2. The maximum Gasteiger partial charge on any atom is 0.255 e. The minimum Gasteiger partial charge on any atom is -0.497 e. The average Bonchev–Trinajstić information content (AvgIpc) is 2.53. The van der Waals surface area contributed by atoms with Gasteiger partial charge in [-0.3, -0.25) is 9.36 Å². The molecule has 1 aromatic heterocycles. The third kappa shape index (κ3) is 2.60. The Morgan fingerprint density at radius 2 is 2.17 bits per heavy atom. The van der Waals surface area contributed by atoms with E-state index < -0.39 is 49.0 Å². The van der Waals surface area contributed by atoms with Crippen molar-refractivity contribution in [2.45, 2.75) is 6.56 Å². The number of hydrogen-bond donors (Lipinski definition) is 0. The maximum atomic E-state index is 12.2. The molecular formula is C14H15NO3. The Balaban J connectivity index is 2.74. The highest BCUT2D eigenvalue weighted by Crippen LogP contribution is 2.14. The number of rotatable bonds is 4. The van der Waals surface area contributed by atoms with Gasteiger partial charge in [0.15, 0.2) is 0 Å². The van der Waals surface area contributed by atoms with E-state index in [1.807, 2.05) is 0 Å². The van der Waals surface area contributed by atoms with Gasteiger partial charge in [0.25, 0.3) is 5.56 Å². The van der Waals surface area contributed by atoms with E-state index >= 15 is 0 Å². The summed E-state index contributed by atoms with van der Waals surface area (Å²) in [5.41, 5.74) is -1.55. The zero-order valence-electron chi connectivity index (χ0n) is 18.4. The van der Waals surface area contributed by atoms with Crippen LogP contribution in [0.5, 0.6) is 5.75 Å². The summed E-state index contributed by atoms with van der Waals surface area (Å²) in [6.45, 7) is -2.80. The monoisotopic (exact) mass is 254 g/mol. The van der Waals surface area contributed by atoms with Crippen molar-refractivity contribution < 1.29 is 21.8 Å². The van der Waals surface area contributed by atoms with Crippen molar-refractivity contribution in [2.75, 3.05) is 14.1 Å². The Morgan fingerprint density at radius 3 is 2.83 bits per heavy atom. The van der Waals surface area contributed by atoms with E-state index in [1.165, 1.54) is 7.11 Å². The van der Waals surface area contributed by atoms with Crippen molar-refractivity contribution in [3.8, 4) is 11.4 Å². The highest BCUT2D eigenvalue weighted by atomic mass is 16.5. The largest absolute Gasteiger partial charge is 0.497 e. The Morgan fingerprint density at radius 1 is 1.39 bits per heavy atom. The summed E-state index contributed by atoms with van der Waals surface area (Å²) in [6.07, 6.45) is 0.880. The summed E-state index contributed by atoms with van der Waals surface area (Å²) in [6, 6.07) is -0.273. The number of benzene rings is 1. The predicted octanol–water partition coefficient (Wildman–Crippen LogP) is 1.99. The Bertz CT molecular complexity index is 908. The second kappa shape index (κ2) is 5.51. The predicted molar refractivity (Wildman–Crippen MR) is 69.3 cm³/mol. The quantitative estimate of drug-likeness (QED) is 0.837. The average molecular weight is 254 g/mol. The molecule has 0 atom stereocenters. The Kier molecular flexibility index (Phi) is 1.62. The fourth-order valence-corrected chi connectivity index (χ4v) is 1.30. The van der Waals surface area contributed by atoms with Crippen LogP contribution in [0, 0.1) is 0 Å². The number of nitrogens with zero attached hydrogens (tertiary/aromatic N) is 1. The first-order chi connectivity index (χ1) is 12.3. The molecule has 0 aliphatic carbocycles. The molecular weight excluding hydrogens is 230 g/mol. The molecule has 0 bridgehead atoms. The van der Waals surface area contributed by atoms with Gasteiger partial charge in [0.2, 0.25) is 0 Å². The summed E-state index contributed by atoms with van der Waals surface area (Å²) >= 11 is 0. The van der Waals surface area contributed by atoms with Crippen molar-refractivity contribution in [2.24, 2.45) is 0 Å². The van der Waals surface area contributed by atoms with Gasteiger partial charge < -0.3 is 9.47 Å². The SMILES string of the molecule is [2H]c1c([2H])c(-n2cc(C([2H])([2H])OC([2H])([2H])[2H])ccc2=O)c([2H])c([2H])c1OC. The minimum absolute atomic E-state index is 0.306. The fourth-order valence-electron chi connectivity index (χ4n) is 1.30.